The van der Waals surface area contributed by atoms with E-state index in [0.29, 0.717) is 18.5 Å². The van der Waals surface area contributed by atoms with Crippen molar-refractivity contribution in [1.29, 1.82) is 0 Å². The van der Waals surface area contributed by atoms with Crippen LogP contribution in [0, 0.1) is 0 Å². The summed E-state index contributed by atoms with van der Waals surface area (Å²) in [5, 5.41) is 2.92. The van der Waals surface area contributed by atoms with Crippen molar-refractivity contribution in [1.82, 2.24) is 5.32 Å². The van der Waals surface area contributed by atoms with Gasteiger partial charge >= 0.3 is 11.9 Å². The molecule has 5 nitrogen and oxygen atoms in total. The first kappa shape index (κ1) is 14.6. The second kappa shape index (κ2) is 7.87. The molecule has 5 heteroatoms. The van der Waals surface area contributed by atoms with Gasteiger partial charge in [0.1, 0.15) is 6.04 Å². The summed E-state index contributed by atoms with van der Waals surface area (Å²) in [5.41, 5.74) is 0.590. The first-order chi connectivity index (χ1) is 7.56. The van der Waals surface area contributed by atoms with Crippen LogP contribution in [0.2, 0.25) is 0 Å². The fraction of sp³-hybridized carbons (Fsp3) is 0.636. The lowest BCUT2D eigenvalue weighted by molar-refractivity contribution is -0.142. The van der Waals surface area contributed by atoms with Gasteiger partial charge in [-0.15, -0.1) is 0 Å². The number of esters is 2. The molecule has 0 radical (unpaired) electrons. The van der Waals surface area contributed by atoms with Gasteiger partial charge in [-0.1, -0.05) is 13.0 Å². The number of carbonyl (C=O) groups excluding carboxylic acids is 2. The van der Waals surface area contributed by atoms with Crippen molar-refractivity contribution in [3.05, 3.63) is 11.6 Å². The Morgan fingerprint density at radius 1 is 1.31 bits per heavy atom. The highest BCUT2D eigenvalue weighted by molar-refractivity contribution is 5.88. The number of carbonyl (C=O) groups is 2. The number of methoxy groups -OCH3 is 2. The third kappa shape index (κ3) is 4.93. The van der Waals surface area contributed by atoms with Crippen molar-refractivity contribution in [2.75, 3.05) is 20.8 Å². The lowest BCUT2D eigenvalue weighted by Gasteiger charge is -2.09. The van der Waals surface area contributed by atoms with Gasteiger partial charge in [-0.05, 0) is 13.3 Å². The monoisotopic (exact) mass is 229 g/mol. The van der Waals surface area contributed by atoms with E-state index in [-0.39, 0.29) is 11.9 Å². The summed E-state index contributed by atoms with van der Waals surface area (Å²) >= 11 is 0. The molecule has 0 heterocycles. The van der Waals surface area contributed by atoms with Gasteiger partial charge < -0.3 is 14.8 Å². The fourth-order valence-corrected chi connectivity index (χ4v) is 1.12. The van der Waals surface area contributed by atoms with Gasteiger partial charge in [0.2, 0.25) is 0 Å². The Morgan fingerprint density at radius 3 is 2.38 bits per heavy atom. The Labute approximate surface area is 95.8 Å². The van der Waals surface area contributed by atoms with Crippen LogP contribution in [0.4, 0.5) is 0 Å². The second-order valence-electron chi connectivity index (χ2n) is 3.23. The van der Waals surface area contributed by atoms with Crippen molar-refractivity contribution in [2.45, 2.75) is 26.3 Å². The average Bonchev–Trinajstić information content (AvgIpc) is 2.32. The highest BCUT2D eigenvalue weighted by Crippen LogP contribution is 2.01. The van der Waals surface area contributed by atoms with Crippen molar-refractivity contribution < 1.29 is 19.1 Å². The Morgan fingerprint density at radius 2 is 1.94 bits per heavy atom. The molecule has 0 fully saturated rings. The van der Waals surface area contributed by atoms with Crippen LogP contribution in [0.5, 0.6) is 0 Å². The summed E-state index contributed by atoms with van der Waals surface area (Å²) in [5.74, 6) is -0.667. The van der Waals surface area contributed by atoms with Crippen molar-refractivity contribution >= 4 is 11.9 Å². The number of hydrogen-bond acceptors (Lipinski definition) is 5. The van der Waals surface area contributed by atoms with Crippen molar-refractivity contribution in [2.24, 2.45) is 0 Å². The fourth-order valence-electron chi connectivity index (χ4n) is 1.12. The SMILES string of the molecule is CCC(=CCNC(C)C(=O)OC)C(=O)OC. The zero-order valence-corrected chi connectivity index (χ0v) is 10.2. The molecule has 0 aliphatic heterocycles. The summed E-state index contributed by atoms with van der Waals surface area (Å²) in [7, 11) is 2.68. The third-order valence-electron chi connectivity index (χ3n) is 2.16. The lowest BCUT2D eigenvalue weighted by Crippen LogP contribution is -2.35. The Balaban J connectivity index is 4.15. The third-order valence-corrected chi connectivity index (χ3v) is 2.16. The standard InChI is InChI=1S/C11H19NO4/c1-5-9(11(14)16-4)6-7-12-8(2)10(13)15-3/h6,8,12H,5,7H2,1-4H3. The van der Waals surface area contributed by atoms with Gasteiger partial charge in [-0.2, -0.15) is 0 Å². The van der Waals surface area contributed by atoms with Gasteiger partial charge in [-0.3, -0.25) is 4.79 Å². The Hall–Kier alpha value is -1.36. The molecule has 0 bridgehead atoms. The molecule has 92 valence electrons. The number of hydrogen-bond donors (Lipinski definition) is 1. The Bertz CT molecular complexity index is 273. The van der Waals surface area contributed by atoms with Crippen LogP contribution in [0.3, 0.4) is 0 Å². The summed E-state index contributed by atoms with van der Waals surface area (Å²) in [6.07, 6.45) is 2.31. The smallest absolute Gasteiger partial charge is 0.333 e. The van der Waals surface area contributed by atoms with E-state index in [1.807, 2.05) is 6.92 Å². The number of nitrogens with one attached hydrogen (secondary N) is 1. The molecule has 0 rings (SSSR count). The first-order valence-electron chi connectivity index (χ1n) is 5.15. The zero-order valence-electron chi connectivity index (χ0n) is 10.2. The zero-order chi connectivity index (χ0) is 12.6. The minimum Gasteiger partial charge on any atom is -0.468 e. The molecular formula is C11H19NO4. The molecule has 0 saturated heterocycles. The van der Waals surface area contributed by atoms with Crippen molar-refractivity contribution in [3.63, 3.8) is 0 Å². The molecule has 1 unspecified atom stereocenters. The topological polar surface area (TPSA) is 64.6 Å². The van der Waals surface area contributed by atoms with Crippen LogP contribution in [-0.4, -0.2) is 38.7 Å². The van der Waals surface area contributed by atoms with E-state index < -0.39 is 6.04 Å². The summed E-state index contributed by atoms with van der Waals surface area (Å²) < 4.78 is 9.15. The van der Waals surface area contributed by atoms with E-state index in [1.54, 1.807) is 13.0 Å². The Kier molecular flexibility index (Phi) is 7.20. The molecule has 0 aliphatic carbocycles. The molecule has 1 atom stereocenters. The highest BCUT2D eigenvalue weighted by Gasteiger charge is 2.11. The quantitative estimate of drug-likeness (QED) is 0.535. The molecule has 1 N–H and O–H groups in total. The minimum atomic E-state index is -0.392. The second-order valence-corrected chi connectivity index (χ2v) is 3.23. The molecule has 16 heavy (non-hydrogen) atoms. The van der Waals surface area contributed by atoms with Crippen LogP contribution in [0.1, 0.15) is 20.3 Å². The molecule has 0 aliphatic rings. The largest absolute Gasteiger partial charge is 0.468 e. The van der Waals surface area contributed by atoms with E-state index in [9.17, 15) is 9.59 Å². The summed E-state index contributed by atoms with van der Waals surface area (Å²) in [4.78, 5) is 22.2. The van der Waals surface area contributed by atoms with Gasteiger partial charge in [0.05, 0.1) is 14.2 Å². The number of ether oxygens (including phenoxy) is 2. The van der Waals surface area contributed by atoms with Crippen LogP contribution < -0.4 is 5.32 Å². The molecule has 0 saturated carbocycles. The van der Waals surface area contributed by atoms with E-state index in [2.05, 4.69) is 14.8 Å². The minimum absolute atomic E-state index is 0.329. The molecular weight excluding hydrogens is 210 g/mol. The maximum Gasteiger partial charge on any atom is 0.333 e. The summed E-state index contributed by atoms with van der Waals surface area (Å²) in [6, 6.07) is -0.392. The van der Waals surface area contributed by atoms with Crippen LogP contribution >= 0.6 is 0 Å². The van der Waals surface area contributed by atoms with Crippen LogP contribution in [0.25, 0.3) is 0 Å². The molecule has 0 spiro atoms. The van der Waals surface area contributed by atoms with Gasteiger partial charge in [0.15, 0.2) is 0 Å². The van der Waals surface area contributed by atoms with E-state index in [1.165, 1.54) is 14.2 Å². The van der Waals surface area contributed by atoms with Gasteiger partial charge in [0, 0.05) is 12.1 Å². The summed E-state index contributed by atoms with van der Waals surface area (Å²) in [6.45, 7) is 3.99. The predicted octanol–water partition coefficient (Wildman–Crippen LogP) is 0.647. The van der Waals surface area contributed by atoms with Crippen LogP contribution in [-0.2, 0) is 19.1 Å². The lowest BCUT2D eigenvalue weighted by atomic mass is 10.2. The maximum atomic E-state index is 11.2. The molecule has 0 aromatic carbocycles. The average molecular weight is 229 g/mol. The molecule has 0 aromatic heterocycles. The maximum absolute atomic E-state index is 11.2. The van der Waals surface area contributed by atoms with E-state index in [0.717, 1.165) is 0 Å². The predicted molar refractivity (Wildman–Crippen MR) is 59.9 cm³/mol. The van der Waals surface area contributed by atoms with Crippen LogP contribution in [0.15, 0.2) is 11.6 Å². The molecule has 0 aromatic rings. The van der Waals surface area contributed by atoms with E-state index in [4.69, 9.17) is 0 Å². The molecule has 0 amide bonds. The number of rotatable bonds is 6. The van der Waals surface area contributed by atoms with Gasteiger partial charge in [-0.25, -0.2) is 4.79 Å². The van der Waals surface area contributed by atoms with E-state index >= 15 is 0 Å². The highest BCUT2D eigenvalue weighted by atomic mass is 16.5. The first-order valence-corrected chi connectivity index (χ1v) is 5.15. The normalized spacial score (nSPS) is 13.1. The van der Waals surface area contributed by atoms with Gasteiger partial charge in [0.25, 0.3) is 0 Å². The van der Waals surface area contributed by atoms with Crippen molar-refractivity contribution in [3.8, 4) is 0 Å².